The molecule has 0 saturated heterocycles. The standard InChI is InChI=1S/C14H24BrN3/c1-5-18-13(14(15)11(4)16-18)9-17(8-10(2)3)12-6-7-12/h10,12H,5-9H2,1-4H3. The van der Waals surface area contributed by atoms with Gasteiger partial charge in [-0.2, -0.15) is 5.10 Å². The highest BCUT2D eigenvalue weighted by atomic mass is 79.9. The van der Waals surface area contributed by atoms with Gasteiger partial charge in [0.15, 0.2) is 0 Å². The molecule has 4 heteroatoms. The molecule has 0 unspecified atom stereocenters. The second-order valence-corrected chi connectivity index (χ2v) is 6.51. The van der Waals surface area contributed by atoms with Crippen LogP contribution in [0.2, 0.25) is 0 Å². The van der Waals surface area contributed by atoms with Gasteiger partial charge in [-0.05, 0) is 48.5 Å². The first-order valence-electron chi connectivity index (χ1n) is 6.98. The molecule has 1 aliphatic carbocycles. The molecule has 1 aliphatic rings. The molecule has 102 valence electrons. The fraction of sp³-hybridized carbons (Fsp3) is 0.786. The average molecular weight is 314 g/mol. The zero-order valence-electron chi connectivity index (χ0n) is 11.9. The Labute approximate surface area is 119 Å². The maximum absolute atomic E-state index is 4.58. The van der Waals surface area contributed by atoms with E-state index in [0.29, 0.717) is 0 Å². The van der Waals surface area contributed by atoms with E-state index in [2.05, 4.69) is 58.3 Å². The van der Waals surface area contributed by atoms with Crippen molar-refractivity contribution in [2.75, 3.05) is 6.54 Å². The fourth-order valence-corrected chi connectivity index (χ4v) is 2.87. The minimum atomic E-state index is 0.725. The van der Waals surface area contributed by atoms with Gasteiger partial charge < -0.3 is 0 Å². The lowest BCUT2D eigenvalue weighted by Gasteiger charge is -2.24. The predicted molar refractivity (Wildman–Crippen MR) is 78.6 cm³/mol. The molecule has 0 aromatic carbocycles. The summed E-state index contributed by atoms with van der Waals surface area (Å²) in [5.41, 5.74) is 2.44. The third-order valence-corrected chi connectivity index (χ3v) is 4.50. The molecule has 0 radical (unpaired) electrons. The minimum absolute atomic E-state index is 0.725. The van der Waals surface area contributed by atoms with Crippen LogP contribution in [0.5, 0.6) is 0 Å². The molecule has 18 heavy (non-hydrogen) atoms. The molecule has 3 nitrogen and oxygen atoms in total. The van der Waals surface area contributed by atoms with Gasteiger partial charge in [0.2, 0.25) is 0 Å². The van der Waals surface area contributed by atoms with Crippen LogP contribution in [0, 0.1) is 12.8 Å². The van der Waals surface area contributed by atoms with Crippen LogP contribution in [0.15, 0.2) is 4.47 Å². The number of rotatable bonds is 6. The van der Waals surface area contributed by atoms with Crippen molar-refractivity contribution in [2.24, 2.45) is 5.92 Å². The van der Waals surface area contributed by atoms with Crippen molar-refractivity contribution < 1.29 is 0 Å². The molecule has 2 rings (SSSR count). The van der Waals surface area contributed by atoms with Gasteiger partial charge in [-0.25, -0.2) is 0 Å². The Kier molecular flexibility index (Phi) is 4.49. The molecule has 0 bridgehead atoms. The van der Waals surface area contributed by atoms with Gasteiger partial charge in [0.05, 0.1) is 15.9 Å². The van der Waals surface area contributed by atoms with Crippen molar-refractivity contribution in [1.82, 2.24) is 14.7 Å². The molecular weight excluding hydrogens is 290 g/mol. The SMILES string of the molecule is CCn1nc(C)c(Br)c1CN(CC(C)C)C1CC1. The van der Waals surface area contributed by atoms with E-state index in [1.807, 2.05) is 0 Å². The quantitative estimate of drug-likeness (QED) is 0.800. The van der Waals surface area contributed by atoms with Crippen LogP contribution in [0.1, 0.15) is 45.0 Å². The van der Waals surface area contributed by atoms with E-state index in [1.54, 1.807) is 0 Å². The van der Waals surface area contributed by atoms with Crippen LogP contribution in [-0.4, -0.2) is 27.3 Å². The van der Waals surface area contributed by atoms with Crippen molar-refractivity contribution in [1.29, 1.82) is 0 Å². The maximum Gasteiger partial charge on any atom is 0.0739 e. The van der Waals surface area contributed by atoms with Gasteiger partial charge in [-0.1, -0.05) is 13.8 Å². The minimum Gasteiger partial charge on any atom is -0.294 e. The third kappa shape index (κ3) is 3.15. The molecule has 1 aromatic heterocycles. The summed E-state index contributed by atoms with van der Waals surface area (Å²) in [5.74, 6) is 0.725. The fourth-order valence-electron chi connectivity index (χ4n) is 2.46. The van der Waals surface area contributed by atoms with Gasteiger partial charge >= 0.3 is 0 Å². The monoisotopic (exact) mass is 313 g/mol. The van der Waals surface area contributed by atoms with E-state index < -0.39 is 0 Å². The zero-order valence-corrected chi connectivity index (χ0v) is 13.5. The molecule has 0 N–H and O–H groups in total. The van der Waals surface area contributed by atoms with Gasteiger partial charge in [-0.3, -0.25) is 9.58 Å². The van der Waals surface area contributed by atoms with Crippen LogP contribution in [-0.2, 0) is 13.1 Å². The number of aromatic nitrogens is 2. The smallest absolute Gasteiger partial charge is 0.0739 e. The molecule has 1 heterocycles. The number of nitrogens with zero attached hydrogens (tertiary/aromatic N) is 3. The lowest BCUT2D eigenvalue weighted by atomic mass is 10.2. The van der Waals surface area contributed by atoms with Crippen molar-refractivity contribution >= 4 is 15.9 Å². The summed E-state index contributed by atoms with van der Waals surface area (Å²) < 4.78 is 3.33. The first-order chi connectivity index (χ1) is 8.52. The molecule has 0 aliphatic heterocycles. The Bertz CT molecular complexity index is 407. The van der Waals surface area contributed by atoms with E-state index in [9.17, 15) is 0 Å². The summed E-state index contributed by atoms with van der Waals surface area (Å²) in [6.07, 6.45) is 2.73. The molecular formula is C14H24BrN3. The van der Waals surface area contributed by atoms with Crippen LogP contribution >= 0.6 is 15.9 Å². The van der Waals surface area contributed by atoms with E-state index in [0.717, 1.165) is 30.7 Å². The molecule has 0 spiro atoms. The highest BCUT2D eigenvalue weighted by molar-refractivity contribution is 9.10. The van der Waals surface area contributed by atoms with Gasteiger partial charge in [0.25, 0.3) is 0 Å². The topological polar surface area (TPSA) is 21.1 Å². The maximum atomic E-state index is 4.58. The number of hydrogen-bond donors (Lipinski definition) is 0. The predicted octanol–water partition coefficient (Wildman–Crippen LogP) is 3.59. The summed E-state index contributed by atoms with van der Waals surface area (Å²) in [4.78, 5) is 2.62. The normalized spacial score (nSPS) is 15.9. The van der Waals surface area contributed by atoms with Crippen LogP contribution in [0.3, 0.4) is 0 Å². The average Bonchev–Trinajstić information content (AvgIpc) is 3.10. The Morgan fingerprint density at radius 3 is 2.61 bits per heavy atom. The third-order valence-electron chi connectivity index (χ3n) is 3.47. The molecule has 1 aromatic rings. The Morgan fingerprint density at radius 1 is 1.44 bits per heavy atom. The zero-order chi connectivity index (χ0) is 13.3. The number of hydrogen-bond acceptors (Lipinski definition) is 2. The summed E-state index contributed by atoms with van der Waals surface area (Å²) in [5, 5.41) is 4.58. The highest BCUT2D eigenvalue weighted by Crippen LogP contribution is 2.31. The first-order valence-corrected chi connectivity index (χ1v) is 7.78. The van der Waals surface area contributed by atoms with E-state index in [4.69, 9.17) is 0 Å². The first kappa shape index (κ1) is 14.1. The van der Waals surface area contributed by atoms with Gasteiger partial charge in [-0.15, -0.1) is 0 Å². The van der Waals surface area contributed by atoms with E-state index in [1.165, 1.54) is 29.6 Å². The highest BCUT2D eigenvalue weighted by Gasteiger charge is 2.30. The second kappa shape index (κ2) is 5.74. The van der Waals surface area contributed by atoms with Crippen LogP contribution in [0.25, 0.3) is 0 Å². The summed E-state index contributed by atoms with van der Waals surface area (Å²) >= 11 is 3.70. The Balaban J connectivity index is 2.15. The molecule has 1 saturated carbocycles. The number of aryl methyl sites for hydroxylation is 2. The Morgan fingerprint density at radius 2 is 2.11 bits per heavy atom. The molecule has 0 atom stereocenters. The largest absolute Gasteiger partial charge is 0.294 e. The Hall–Kier alpha value is -0.350. The van der Waals surface area contributed by atoms with Gasteiger partial charge in [0, 0.05) is 25.7 Å². The van der Waals surface area contributed by atoms with Crippen molar-refractivity contribution in [3.8, 4) is 0 Å². The molecule has 1 fully saturated rings. The summed E-state index contributed by atoms with van der Waals surface area (Å²) in [6, 6.07) is 0.805. The summed E-state index contributed by atoms with van der Waals surface area (Å²) in [7, 11) is 0. The second-order valence-electron chi connectivity index (χ2n) is 5.72. The van der Waals surface area contributed by atoms with E-state index >= 15 is 0 Å². The van der Waals surface area contributed by atoms with Crippen molar-refractivity contribution in [3.63, 3.8) is 0 Å². The summed E-state index contributed by atoms with van der Waals surface area (Å²) in [6.45, 7) is 12.0. The van der Waals surface area contributed by atoms with Crippen molar-refractivity contribution in [2.45, 2.75) is 59.7 Å². The van der Waals surface area contributed by atoms with Gasteiger partial charge in [0.1, 0.15) is 0 Å². The van der Waals surface area contributed by atoms with E-state index in [-0.39, 0.29) is 0 Å². The van der Waals surface area contributed by atoms with Crippen LogP contribution < -0.4 is 0 Å². The lowest BCUT2D eigenvalue weighted by molar-refractivity contribution is 0.219. The van der Waals surface area contributed by atoms with Crippen molar-refractivity contribution in [3.05, 3.63) is 15.9 Å². The molecule has 0 amide bonds. The lowest BCUT2D eigenvalue weighted by Crippen LogP contribution is -2.30. The van der Waals surface area contributed by atoms with Crippen LogP contribution in [0.4, 0.5) is 0 Å². The number of halogens is 1.